The van der Waals surface area contributed by atoms with Gasteiger partial charge in [0, 0.05) is 5.92 Å². The number of nitrogens with zero attached hydrogens (tertiary/aromatic N) is 1. The molecule has 1 saturated carbocycles. The number of benzene rings is 1. The van der Waals surface area contributed by atoms with Gasteiger partial charge in [-0.3, -0.25) is 4.79 Å². The maximum Gasteiger partial charge on any atom is 0.157 e. The molecule has 1 atom stereocenters. The lowest BCUT2D eigenvalue weighted by Gasteiger charge is -2.26. The number of rotatable bonds is 3. The molecule has 1 aliphatic rings. The average Bonchev–Trinajstić information content (AvgIpc) is 2.42. The van der Waals surface area contributed by atoms with Gasteiger partial charge in [-0.05, 0) is 36.8 Å². The first-order valence-corrected chi connectivity index (χ1v) is 7.12. The van der Waals surface area contributed by atoms with Crippen LogP contribution in [-0.2, 0) is 4.79 Å². The quantitative estimate of drug-likeness (QED) is 0.819. The molecular formula is C17H21NO. The van der Waals surface area contributed by atoms with Gasteiger partial charge >= 0.3 is 0 Å². The van der Waals surface area contributed by atoms with Crippen molar-refractivity contribution >= 4 is 5.78 Å². The van der Waals surface area contributed by atoms with E-state index in [-0.39, 0.29) is 11.7 Å². The van der Waals surface area contributed by atoms with Gasteiger partial charge in [-0.2, -0.15) is 5.26 Å². The van der Waals surface area contributed by atoms with Gasteiger partial charge in [-0.1, -0.05) is 44.0 Å². The number of hydrogen-bond donors (Lipinski definition) is 0. The first-order chi connectivity index (χ1) is 9.13. The molecule has 0 aromatic heterocycles. The van der Waals surface area contributed by atoms with Crippen LogP contribution in [0.3, 0.4) is 0 Å². The number of Topliss-reactive ketones (excluding diaryl/α,β-unsaturated/α-hetero) is 1. The van der Waals surface area contributed by atoms with E-state index < -0.39 is 5.92 Å². The van der Waals surface area contributed by atoms with Crippen LogP contribution in [0.25, 0.3) is 0 Å². The molecule has 1 aromatic rings. The van der Waals surface area contributed by atoms with E-state index in [9.17, 15) is 10.1 Å². The Labute approximate surface area is 115 Å². The summed E-state index contributed by atoms with van der Waals surface area (Å²) >= 11 is 0. The van der Waals surface area contributed by atoms with Gasteiger partial charge in [0.25, 0.3) is 0 Å². The lowest BCUT2D eigenvalue weighted by Crippen LogP contribution is -2.25. The Hall–Kier alpha value is -1.62. The maximum atomic E-state index is 12.6. The topological polar surface area (TPSA) is 40.9 Å². The van der Waals surface area contributed by atoms with E-state index in [1.165, 1.54) is 0 Å². The third-order valence-electron chi connectivity index (χ3n) is 4.33. The summed E-state index contributed by atoms with van der Waals surface area (Å²) in [5.41, 5.74) is 1.92. The Balaban J connectivity index is 2.17. The van der Waals surface area contributed by atoms with Crippen molar-refractivity contribution in [1.29, 1.82) is 5.26 Å². The second-order valence-electron chi connectivity index (χ2n) is 5.78. The summed E-state index contributed by atoms with van der Waals surface area (Å²) < 4.78 is 0. The number of carbonyl (C=O) groups is 1. The highest BCUT2D eigenvalue weighted by atomic mass is 16.1. The van der Waals surface area contributed by atoms with Crippen molar-refractivity contribution in [2.75, 3.05) is 0 Å². The number of hydrogen-bond acceptors (Lipinski definition) is 2. The monoisotopic (exact) mass is 255 g/mol. The number of ketones is 1. The fourth-order valence-electron chi connectivity index (χ4n) is 2.98. The first-order valence-electron chi connectivity index (χ1n) is 7.12. The molecule has 1 aliphatic carbocycles. The molecule has 0 spiro atoms. The fourth-order valence-corrected chi connectivity index (χ4v) is 2.98. The van der Waals surface area contributed by atoms with Crippen molar-refractivity contribution < 1.29 is 4.79 Å². The maximum absolute atomic E-state index is 12.6. The second-order valence-corrected chi connectivity index (χ2v) is 5.78. The van der Waals surface area contributed by atoms with Crippen molar-refractivity contribution in [3.8, 4) is 6.07 Å². The summed E-state index contributed by atoms with van der Waals surface area (Å²) in [6.45, 7) is 4.21. The molecule has 1 unspecified atom stereocenters. The van der Waals surface area contributed by atoms with Gasteiger partial charge in [0.15, 0.2) is 5.78 Å². The van der Waals surface area contributed by atoms with Crippen molar-refractivity contribution in [1.82, 2.24) is 0 Å². The van der Waals surface area contributed by atoms with Crippen molar-refractivity contribution in [3.63, 3.8) is 0 Å². The van der Waals surface area contributed by atoms with Crippen LogP contribution >= 0.6 is 0 Å². The predicted molar refractivity (Wildman–Crippen MR) is 75.7 cm³/mol. The summed E-state index contributed by atoms with van der Waals surface area (Å²) in [4.78, 5) is 12.6. The Morgan fingerprint density at radius 3 is 2.47 bits per heavy atom. The zero-order valence-corrected chi connectivity index (χ0v) is 11.7. The summed E-state index contributed by atoms with van der Waals surface area (Å²) in [5, 5.41) is 9.39. The van der Waals surface area contributed by atoms with E-state index in [1.54, 1.807) is 0 Å². The molecule has 0 N–H and O–H groups in total. The molecule has 2 rings (SSSR count). The minimum atomic E-state index is -0.584. The standard InChI is InChI=1S/C17H21NO/c1-12-7-9-14(10-8-12)17(19)16(11-18)15-6-4-3-5-13(15)2/h3-6,12,14,16H,7-10H2,1-2H3. The average molecular weight is 255 g/mol. The summed E-state index contributed by atoms with van der Waals surface area (Å²) in [6.07, 6.45) is 4.12. The minimum absolute atomic E-state index is 0.0838. The minimum Gasteiger partial charge on any atom is -0.298 e. The molecule has 2 nitrogen and oxygen atoms in total. The second kappa shape index (κ2) is 6.02. The molecule has 2 heteroatoms. The van der Waals surface area contributed by atoms with Gasteiger partial charge < -0.3 is 0 Å². The highest BCUT2D eigenvalue weighted by Crippen LogP contribution is 2.33. The number of aryl methyl sites for hydroxylation is 1. The van der Waals surface area contributed by atoms with E-state index in [1.807, 2.05) is 31.2 Å². The van der Waals surface area contributed by atoms with Crippen molar-refractivity contribution in [3.05, 3.63) is 35.4 Å². The molecule has 0 radical (unpaired) electrons. The van der Waals surface area contributed by atoms with Crippen LogP contribution < -0.4 is 0 Å². The zero-order valence-electron chi connectivity index (χ0n) is 11.7. The highest BCUT2D eigenvalue weighted by Gasteiger charge is 2.31. The van der Waals surface area contributed by atoms with Crippen LogP contribution in [0.15, 0.2) is 24.3 Å². The molecule has 0 heterocycles. The van der Waals surface area contributed by atoms with Gasteiger partial charge in [-0.15, -0.1) is 0 Å². The van der Waals surface area contributed by atoms with Gasteiger partial charge in [0.05, 0.1) is 6.07 Å². The third-order valence-corrected chi connectivity index (χ3v) is 4.33. The molecule has 0 saturated heterocycles. The Morgan fingerprint density at radius 1 is 1.26 bits per heavy atom. The van der Waals surface area contributed by atoms with Crippen LogP contribution in [0, 0.1) is 30.1 Å². The van der Waals surface area contributed by atoms with E-state index in [0.29, 0.717) is 0 Å². The normalized spacial score (nSPS) is 24.5. The third kappa shape index (κ3) is 3.04. The molecule has 0 amide bonds. The summed E-state index contributed by atoms with van der Waals surface area (Å²) in [7, 11) is 0. The van der Waals surface area contributed by atoms with Crippen LogP contribution in [0.5, 0.6) is 0 Å². The molecule has 100 valence electrons. The summed E-state index contributed by atoms with van der Waals surface area (Å²) in [6, 6.07) is 9.95. The number of nitriles is 1. The van der Waals surface area contributed by atoms with Gasteiger partial charge in [-0.25, -0.2) is 0 Å². The van der Waals surface area contributed by atoms with Gasteiger partial charge in [0.2, 0.25) is 0 Å². The van der Waals surface area contributed by atoms with Crippen molar-refractivity contribution in [2.24, 2.45) is 11.8 Å². The molecule has 19 heavy (non-hydrogen) atoms. The van der Waals surface area contributed by atoms with Crippen LogP contribution in [0.2, 0.25) is 0 Å². The Morgan fingerprint density at radius 2 is 1.89 bits per heavy atom. The van der Waals surface area contributed by atoms with E-state index >= 15 is 0 Å². The van der Waals surface area contributed by atoms with Crippen LogP contribution in [0.1, 0.15) is 49.7 Å². The van der Waals surface area contributed by atoms with E-state index in [4.69, 9.17) is 0 Å². The smallest absolute Gasteiger partial charge is 0.157 e. The molecule has 1 aromatic carbocycles. The molecule has 1 fully saturated rings. The molecular weight excluding hydrogens is 234 g/mol. The van der Waals surface area contributed by atoms with Crippen molar-refractivity contribution in [2.45, 2.75) is 45.4 Å². The Bertz CT molecular complexity index is 492. The van der Waals surface area contributed by atoms with Gasteiger partial charge in [0.1, 0.15) is 5.92 Å². The number of carbonyl (C=O) groups excluding carboxylic acids is 1. The Kier molecular flexibility index (Phi) is 4.37. The fraction of sp³-hybridized carbons (Fsp3) is 0.529. The van der Waals surface area contributed by atoms with Crippen LogP contribution in [0.4, 0.5) is 0 Å². The van der Waals surface area contributed by atoms with E-state index in [2.05, 4.69) is 13.0 Å². The van der Waals surface area contributed by atoms with Crippen LogP contribution in [-0.4, -0.2) is 5.78 Å². The molecule has 0 aliphatic heterocycles. The molecule has 0 bridgehead atoms. The predicted octanol–water partition coefficient (Wildman–Crippen LogP) is 4.00. The lowest BCUT2D eigenvalue weighted by molar-refractivity contribution is -0.124. The lowest BCUT2D eigenvalue weighted by atomic mass is 9.76. The SMILES string of the molecule is Cc1ccccc1C(C#N)C(=O)C1CCC(C)CC1. The highest BCUT2D eigenvalue weighted by molar-refractivity contribution is 5.90. The first kappa shape index (κ1) is 13.8. The zero-order chi connectivity index (χ0) is 13.8. The summed E-state index contributed by atoms with van der Waals surface area (Å²) in [5.74, 6) is 0.354. The van der Waals surface area contributed by atoms with E-state index in [0.717, 1.165) is 42.7 Å². The largest absolute Gasteiger partial charge is 0.298 e.